The van der Waals surface area contributed by atoms with Crippen LogP contribution in [0.3, 0.4) is 0 Å². The van der Waals surface area contributed by atoms with Gasteiger partial charge in [0.15, 0.2) is 5.78 Å². The van der Waals surface area contributed by atoms with Gasteiger partial charge in [-0.1, -0.05) is 6.07 Å². The summed E-state index contributed by atoms with van der Waals surface area (Å²) in [5, 5.41) is 1.21. The lowest BCUT2D eigenvalue weighted by Gasteiger charge is -1.94. The summed E-state index contributed by atoms with van der Waals surface area (Å²) < 4.78 is 1.06. The van der Waals surface area contributed by atoms with Gasteiger partial charge in [0.05, 0.1) is 15.2 Å². The maximum absolute atomic E-state index is 11.4. The molecule has 0 atom stereocenters. The molecule has 3 rings (SSSR count). The summed E-state index contributed by atoms with van der Waals surface area (Å²) in [4.78, 5) is 16.0. The van der Waals surface area contributed by atoms with Gasteiger partial charge >= 0.3 is 0 Å². The summed E-state index contributed by atoms with van der Waals surface area (Å²) in [5.74, 6) is 0.800. The number of rotatable bonds is 2. The maximum Gasteiger partial charge on any atom is 0.161 e. The van der Waals surface area contributed by atoms with Crippen LogP contribution in [-0.2, 0) is 0 Å². The summed E-state index contributed by atoms with van der Waals surface area (Å²) in [6.07, 6.45) is 2.52. The average Bonchev–Trinajstić information content (AvgIpc) is 2.96. The monoisotopic (exact) mass is 217 g/mol. The van der Waals surface area contributed by atoms with E-state index in [1.54, 1.807) is 18.3 Å². The van der Waals surface area contributed by atoms with E-state index in [1.165, 1.54) is 17.8 Å². The molecule has 1 aliphatic rings. The molecular weight excluding hydrogens is 206 g/mol. The topological polar surface area (TPSA) is 30.0 Å². The molecule has 1 saturated carbocycles. The fourth-order valence-corrected chi connectivity index (χ4v) is 3.04. The van der Waals surface area contributed by atoms with Gasteiger partial charge in [0.1, 0.15) is 0 Å². The third-order valence-corrected chi connectivity index (χ3v) is 4.00. The largest absolute Gasteiger partial charge is 0.294 e. The van der Waals surface area contributed by atoms with Crippen LogP contribution in [0.25, 0.3) is 10.2 Å². The lowest BCUT2D eigenvalue weighted by Crippen LogP contribution is -1.90. The predicted molar refractivity (Wildman–Crippen MR) is 61.6 cm³/mol. The number of carbonyl (C=O) groups excluding carboxylic acids is 1. The highest BCUT2D eigenvalue weighted by Gasteiger charge is 2.27. The van der Waals surface area contributed by atoms with Gasteiger partial charge in [-0.05, 0) is 31.9 Å². The Morgan fingerprint density at radius 1 is 1.47 bits per heavy atom. The van der Waals surface area contributed by atoms with Crippen molar-refractivity contribution in [3.63, 3.8) is 0 Å². The Morgan fingerprint density at radius 3 is 2.93 bits per heavy atom. The summed E-state index contributed by atoms with van der Waals surface area (Å²) in [6.45, 7) is 1.62. The Balaban J connectivity index is 2.23. The minimum absolute atomic E-state index is 0.131. The fourth-order valence-electron chi connectivity index (χ4n) is 1.75. The van der Waals surface area contributed by atoms with Crippen molar-refractivity contribution >= 4 is 27.3 Å². The number of nitrogens with zero attached hydrogens (tertiary/aromatic N) is 1. The Kier molecular flexibility index (Phi) is 1.89. The highest BCUT2D eigenvalue weighted by molar-refractivity contribution is 7.19. The summed E-state index contributed by atoms with van der Waals surface area (Å²) in [6, 6.07) is 5.79. The van der Waals surface area contributed by atoms with Crippen LogP contribution < -0.4 is 0 Å². The van der Waals surface area contributed by atoms with E-state index in [1.807, 2.05) is 18.2 Å². The van der Waals surface area contributed by atoms with E-state index in [9.17, 15) is 4.79 Å². The third kappa shape index (κ3) is 1.47. The fraction of sp³-hybridized carbons (Fsp3) is 0.333. The summed E-state index contributed by atoms with van der Waals surface area (Å²) in [5.41, 5.74) is 1.80. The maximum atomic E-state index is 11.4. The molecule has 2 aromatic rings. The van der Waals surface area contributed by atoms with E-state index in [4.69, 9.17) is 0 Å². The van der Waals surface area contributed by atoms with Gasteiger partial charge in [-0.15, -0.1) is 11.3 Å². The smallest absolute Gasteiger partial charge is 0.161 e. The Hall–Kier alpha value is -1.22. The minimum atomic E-state index is 0.131. The van der Waals surface area contributed by atoms with Gasteiger partial charge in [-0.25, -0.2) is 4.98 Å². The van der Waals surface area contributed by atoms with Crippen molar-refractivity contribution in [2.75, 3.05) is 0 Å². The molecule has 1 heterocycles. The van der Waals surface area contributed by atoms with Gasteiger partial charge in [0, 0.05) is 11.5 Å². The van der Waals surface area contributed by atoms with Gasteiger partial charge in [-0.3, -0.25) is 4.79 Å². The lowest BCUT2D eigenvalue weighted by molar-refractivity contribution is 0.101. The van der Waals surface area contributed by atoms with E-state index >= 15 is 0 Å². The molecule has 1 aliphatic carbocycles. The third-order valence-electron chi connectivity index (χ3n) is 2.74. The molecule has 1 aromatic heterocycles. The van der Waals surface area contributed by atoms with Crippen molar-refractivity contribution in [2.24, 2.45) is 0 Å². The molecule has 0 unspecified atom stereocenters. The number of benzene rings is 1. The van der Waals surface area contributed by atoms with Crippen molar-refractivity contribution in [3.05, 3.63) is 28.8 Å². The zero-order valence-corrected chi connectivity index (χ0v) is 9.30. The van der Waals surface area contributed by atoms with Crippen LogP contribution in [0.1, 0.15) is 41.0 Å². The van der Waals surface area contributed by atoms with Crippen LogP contribution >= 0.6 is 11.3 Å². The molecule has 15 heavy (non-hydrogen) atoms. The molecule has 3 heteroatoms. The van der Waals surface area contributed by atoms with Crippen LogP contribution in [0.5, 0.6) is 0 Å². The first-order valence-electron chi connectivity index (χ1n) is 5.16. The number of ketones is 1. The predicted octanol–water partition coefficient (Wildman–Crippen LogP) is 3.38. The average molecular weight is 217 g/mol. The standard InChI is InChI=1S/C12H11NOS/c1-7(14)9-3-2-4-10-11(9)15-12(13-10)8-5-6-8/h2-4,8H,5-6H2,1H3. The Morgan fingerprint density at radius 2 is 2.27 bits per heavy atom. The van der Waals surface area contributed by atoms with Crippen molar-refractivity contribution in [1.29, 1.82) is 0 Å². The molecular formula is C12H11NOS. The van der Waals surface area contributed by atoms with Crippen molar-refractivity contribution in [1.82, 2.24) is 4.98 Å². The van der Waals surface area contributed by atoms with Gasteiger partial charge in [-0.2, -0.15) is 0 Å². The molecule has 0 bridgehead atoms. The van der Waals surface area contributed by atoms with E-state index in [-0.39, 0.29) is 5.78 Å². The second-order valence-electron chi connectivity index (χ2n) is 4.04. The number of fused-ring (bicyclic) bond motifs is 1. The second-order valence-corrected chi connectivity index (χ2v) is 5.07. The second kappa shape index (κ2) is 3.14. The minimum Gasteiger partial charge on any atom is -0.294 e. The number of hydrogen-bond donors (Lipinski definition) is 0. The molecule has 0 aliphatic heterocycles. The molecule has 0 radical (unpaired) electrons. The Bertz CT molecular complexity index is 540. The molecule has 0 N–H and O–H groups in total. The van der Waals surface area contributed by atoms with E-state index in [0.717, 1.165) is 15.8 Å². The van der Waals surface area contributed by atoms with Gasteiger partial charge in [0.2, 0.25) is 0 Å². The van der Waals surface area contributed by atoms with Crippen LogP contribution in [0.15, 0.2) is 18.2 Å². The normalized spacial score (nSPS) is 15.8. The summed E-state index contributed by atoms with van der Waals surface area (Å²) in [7, 11) is 0. The Labute approximate surface area is 92.0 Å². The van der Waals surface area contributed by atoms with Gasteiger partial charge < -0.3 is 0 Å². The van der Waals surface area contributed by atoms with E-state index in [0.29, 0.717) is 5.92 Å². The highest BCUT2D eigenvalue weighted by atomic mass is 32.1. The quantitative estimate of drug-likeness (QED) is 0.722. The number of aromatic nitrogens is 1. The van der Waals surface area contributed by atoms with Crippen molar-refractivity contribution in [3.8, 4) is 0 Å². The SMILES string of the molecule is CC(=O)c1cccc2nc(C3CC3)sc12. The first-order valence-corrected chi connectivity index (χ1v) is 5.98. The lowest BCUT2D eigenvalue weighted by atomic mass is 10.1. The molecule has 0 spiro atoms. The number of Topliss-reactive ketones (excluding diaryl/α,β-unsaturated/α-hetero) is 1. The van der Waals surface area contributed by atoms with E-state index in [2.05, 4.69) is 4.98 Å². The molecule has 2 nitrogen and oxygen atoms in total. The van der Waals surface area contributed by atoms with Gasteiger partial charge in [0.25, 0.3) is 0 Å². The molecule has 0 saturated heterocycles. The zero-order valence-electron chi connectivity index (χ0n) is 8.49. The molecule has 76 valence electrons. The van der Waals surface area contributed by atoms with E-state index < -0.39 is 0 Å². The summed E-state index contributed by atoms with van der Waals surface area (Å²) >= 11 is 1.69. The number of hydrogen-bond acceptors (Lipinski definition) is 3. The van der Waals surface area contributed by atoms with Crippen LogP contribution in [0.2, 0.25) is 0 Å². The van der Waals surface area contributed by atoms with Crippen LogP contribution in [0.4, 0.5) is 0 Å². The number of carbonyl (C=O) groups is 1. The van der Waals surface area contributed by atoms with Crippen LogP contribution in [-0.4, -0.2) is 10.8 Å². The number of thiazole rings is 1. The molecule has 0 amide bonds. The van der Waals surface area contributed by atoms with Crippen molar-refractivity contribution < 1.29 is 4.79 Å². The van der Waals surface area contributed by atoms with Crippen LogP contribution in [0, 0.1) is 0 Å². The first-order chi connectivity index (χ1) is 7.25. The molecule has 1 aromatic carbocycles. The molecule has 1 fully saturated rings. The van der Waals surface area contributed by atoms with Crippen molar-refractivity contribution in [2.45, 2.75) is 25.7 Å². The first kappa shape index (κ1) is 9.04. The zero-order chi connectivity index (χ0) is 10.4. The highest BCUT2D eigenvalue weighted by Crippen LogP contribution is 2.43.